The van der Waals surface area contributed by atoms with Gasteiger partial charge in [-0.3, -0.25) is 9.59 Å². The number of hydrogen-bond acceptors (Lipinski definition) is 5. The lowest BCUT2D eigenvalue weighted by Crippen LogP contribution is -2.28. The molecule has 0 aliphatic heterocycles. The Morgan fingerprint density at radius 3 is 0.756 bits per heavy atom. The van der Waals surface area contributed by atoms with Crippen LogP contribution in [0.3, 0.4) is 0 Å². The van der Waals surface area contributed by atoms with E-state index in [4.69, 9.17) is 9.47 Å². The molecule has 0 rings (SSSR count). The minimum absolute atomic E-state index is 0.0677. The van der Waals surface area contributed by atoms with Crippen LogP contribution in [0.15, 0.2) is 134 Å². The largest absolute Gasteiger partial charge is 0.462 e. The fourth-order valence-electron chi connectivity index (χ4n) is 10.5. The maximum Gasteiger partial charge on any atom is 0.306 e. The quantitative estimate of drug-likeness (QED) is 0.0373. The van der Waals surface area contributed by atoms with Crippen LogP contribution in [-0.2, 0) is 19.1 Å². The molecular formula is C81H138O5. The second-order valence-corrected chi connectivity index (χ2v) is 24.3. The van der Waals surface area contributed by atoms with Crippen molar-refractivity contribution in [3.63, 3.8) is 0 Å². The van der Waals surface area contributed by atoms with Crippen LogP contribution < -0.4 is 0 Å². The van der Waals surface area contributed by atoms with E-state index in [1.165, 1.54) is 218 Å². The van der Waals surface area contributed by atoms with Gasteiger partial charge < -0.3 is 14.6 Å². The predicted octanol–water partition coefficient (Wildman–Crippen LogP) is 25.9. The van der Waals surface area contributed by atoms with Gasteiger partial charge in [0.1, 0.15) is 6.61 Å². The van der Waals surface area contributed by atoms with Gasteiger partial charge in [-0.25, -0.2) is 0 Å². The van der Waals surface area contributed by atoms with Gasteiger partial charge in [0.2, 0.25) is 0 Å². The molecule has 0 aromatic carbocycles. The van der Waals surface area contributed by atoms with Gasteiger partial charge >= 0.3 is 11.9 Å². The van der Waals surface area contributed by atoms with Crippen LogP contribution in [0, 0.1) is 0 Å². The van der Waals surface area contributed by atoms with Gasteiger partial charge in [0.15, 0.2) is 6.10 Å². The second-order valence-electron chi connectivity index (χ2n) is 24.3. The molecule has 0 aliphatic carbocycles. The summed E-state index contributed by atoms with van der Waals surface area (Å²) in [5.41, 5.74) is 0. The Kier molecular flexibility index (Phi) is 71.8. The Hall–Kier alpha value is -3.96. The molecule has 5 heteroatoms. The SMILES string of the molecule is CC/C=C\C/C=C\C/C=C\C/C=C\C/C=C\C/C=C\C/C=C\C/C=C\CCCCCCCCCCCCCCCCCCC(=O)OC(CO)COC(=O)CCCCCCCCCCCCCCCCCC/C=C\C/C=C\C/C=C\CCCCCCC. The molecule has 0 heterocycles. The van der Waals surface area contributed by atoms with Crippen LogP contribution >= 0.6 is 0 Å². The predicted molar refractivity (Wildman–Crippen MR) is 380 cm³/mol. The van der Waals surface area contributed by atoms with E-state index in [-0.39, 0.29) is 25.2 Å². The minimum atomic E-state index is -0.779. The lowest BCUT2D eigenvalue weighted by molar-refractivity contribution is -0.161. The average Bonchev–Trinajstić information content (AvgIpc) is 3.54. The first-order valence-electron chi connectivity index (χ1n) is 36.7. The van der Waals surface area contributed by atoms with Gasteiger partial charge in [-0.1, -0.05) is 353 Å². The number of aliphatic hydroxyl groups excluding tert-OH is 1. The van der Waals surface area contributed by atoms with Crippen molar-refractivity contribution < 1.29 is 24.2 Å². The zero-order chi connectivity index (χ0) is 61.9. The molecule has 0 amide bonds. The molecule has 0 bridgehead atoms. The number of carbonyl (C=O) groups is 2. The molecule has 0 saturated heterocycles. The Morgan fingerprint density at radius 2 is 0.500 bits per heavy atom. The summed E-state index contributed by atoms with van der Waals surface area (Å²) in [6.07, 6.45) is 112. The molecule has 0 radical (unpaired) electrons. The fourth-order valence-corrected chi connectivity index (χ4v) is 10.5. The third-order valence-corrected chi connectivity index (χ3v) is 15.9. The van der Waals surface area contributed by atoms with Gasteiger partial charge in [0.25, 0.3) is 0 Å². The number of allylic oxidation sites excluding steroid dienone is 22. The molecule has 1 unspecified atom stereocenters. The first-order chi connectivity index (χ1) is 42.6. The van der Waals surface area contributed by atoms with Crippen molar-refractivity contribution in [3.8, 4) is 0 Å². The Balaban J connectivity index is 3.48. The van der Waals surface area contributed by atoms with Crippen molar-refractivity contribution in [2.24, 2.45) is 0 Å². The van der Waals surface area contributed by atoms with Crippen molar-refractivity contribution in [1.29, 1.82) is 0 Å². The Bertz CT molecular complexity index is 1730. The zero-order valence-electron chi connectivity index (χ0n) is 56.5. The summed E-state index contributed by atoms with van der Waals surface area (Å²) in [5.74, 6) is -0.582. The highest BCUT2D eigenvalue weighted by atomic mass is 16.6. The highest BCUT2D eigenvalue weighted by molar-refractivity contribution is 5.70. The minimum Gasteiger partial charge on any atom is -0.462 e. The van der Waals surface area contributed by atoms with E-state index in [2.05, 4.69) is 148 Å². The molecule has 0 spiro atoms. The van der Waals surface area contributed by atoms with Crippen molar-refractivity contribution in [3.05, 3.63) is 134 Å². The normalized spacial score (nSPS) is 13.0. The van der Waals surface area contributed by atoms with Gasteiger partial charge in [0.05, 0.1) is 6.61 Å². The van der Waals surface area contributed by atoms with E-state index in [1.54, 1.807) is 0 Å². The maximum absolute atomic E-state index is 12.4. The molecule has 0 aromatic rings. The van der Waals surface area contributed by atoms with E-state index in [0.717, 1.165) is 103 Å². The molecule has 0 aromatic heterocycles. The molecule has 0 fully saturated rings. The van der Waals surface area contributed by atoms with Crippen LogP contribution in [0.5, 0.6) is 0 Å². The number of carbonyl (C=O) groups excluding carboxylic acids is 2. The number of unbranched alkanes of at least 4 members (excludes halogenated alkanes) is 37. The maximum atomic E-state index is 12.4. The average molecular weight is 1190 g/mol. The molecule has 1 atom stereocenters. The lowest BCUT2D eigenvalue weighted by Gasteiger charge is -2.15. The molecular weight excluding hydrogens is 1050 g/mol. The summed E-state index contributed by atoms with van der Waals surface area (Å²) in [6, 6.07) is 0. The Labute approximate surface area is 534 Å². The van der Waals surface area contributed by atoms with Crippen LogP contribution in [0.4, 0.5) is 0 Å². The second kappa shape index (κ2) is 75.3. The standard InChI is InChI=1S/C81H138O5/c1-3-5-7-9-11-13-15-17-19-21-23-25-27-29-31-33-35-36-37-38-39-40-41-42-43-44-46-48-50-52-54-56-58-60-62-64-66-68-70-72-74-76-81(84)86-79(77-82)78-85-80(83)75-73-71-69-67-65-63-61-59-57-55-53-51-49-47-45-34-32-30-28-26-24-22-20-18-16-14-12-10-8-6-4-2/h5,7,11,13,16-19,22-25,28-31,35-36,38-39,41-42,79,82H,3-4,6,8-10,12,14-15,20-21,26-27,32-34,37,40,43-78H2,1-2H3/b7-5-,13-11-,18-16-,19-17-,24-22-,25-23-,30-28-,31-29-,36-35-,39-38-,42-41-. The molecule has 492 valence electrons. The smallest absolute Gasteiger partial charge is 0.306 e. The van der Waals surface area contributed by atoms with Gasteiger partial charge in [-0.05, 0) is 116 Å². The number of ether oxygens (including phenoxy) is 2. The van der Waals surface area contributed by atoms with Gasteiger partial charge in [0, 0.05) is 12.8 Å². The van der Waals surface area contributed by atoms with Crippen LogP contribution in [0.1, 0.15) is 348 Å². The summed E-state index contributed by atoms with van der Waals surface area (Å²) in [4.78, 5) is 24.7. The summed E-state index contributed by atoms with van der Waals surface area (Å²) in [6.45, 7) is 4.04. The lowest BCUT2D eigenvalue weighted by atomic mass is 10.0. The summed E-state index contributed by atoms with van der Waals surface area (Å²) < 4.78 is 10.8. The van der Waals surface area contributed by atoms with Crippen LogP contribution in [0.2, 0.25) is 0 Å². The van der Waals surface area contributed by atoms with E-state index in [9.17, 15) is 14.7 Å². The molecule has 0 aliphatic rings. The van der Waals surface area contributed by atoms with E-state index in [1.807, 2.05) is 0 Å². The topological polar surface area (TPSA) is 72.8 Å². The molecule has 0 saturated carbocycles. The van der Waals surface area contributed by atoms with Crippen LogP contribution in [0.25, 0.3) is 0 Å². The Morgan fingerprint density at radius 1 is 0.279 bits per heavy atom. The first-order valence-corrected chi connectivity index (χ1v) is 36.7. The molecule has 1 N–H and O–H groups in total. The summed E-state index contributed by atoms with van der Waals surface area (Å²) >= 11 is 0. The zero-order valence-corrected chi connectivity index (χ0v) is 56.5. The fraction of sp³-hybridized carbons (Fsp3) is 0.704. The first kappa shape index (κ1) is 82.0. The third kappa shape index (κ3) is 72.5. The number of hydrogen-bond donors (Lipinski definition) is 1. The number of aliphatic hydroxyl groups is 1. The third-order valence-electron chi connectivity index (χ3n) is 15.9. The van der Waals surface area contributed by atoms with Crippen molar-refractivity contribution >= 4 is 11.9 Å². The number of rotatable bonds is 67. The molecule has 5 nitrogen and oxygen atoms in total. The molecule has 86 heavy (non-hydrogen) atoms. The van der Waals surface area contributed by atoms with Crippen molar-refractivity contribution in [1.82, 2.24) is 0 Å². The van der Waals surface area contributed by atoms with Crippen molar-refractivity contribution in [2.45, 2.75) is 354 Å². The van der Waals surface area contributed by atoms with Crippen LogP contribution in [-0.4, -0.2) is 36.4 Å². The van der Waals surface area contributed by atoms with Gasteiger partial charge in [-0.15, -0.1) is 0 Å². The summed E-state index contributed by atoms with van der Waals surface area (Å²) in [7, 11) is 0. The highest BCUT2D eigenvalue weighted by Gasteiger charge is 2.16. The number of esters is 2. The monoisotopic (exact) mass is 1190 g/mol. The van der Waals surface area contributed by atoms with E-state index >= 15 is 0 Å². The van der Waals surface area contributed by atoms with E-state index in [0.29, 0.717) is 12.8 Å². The van der Waals surface area contributed by atoms with E-state index < -0.39 is 6.10 Å². The summed E-state index contributed by atoms with van der Waals surface area (Å²) in [5, 5.41) is 9.72. The van der Waals surface area contributed by atoms with Gasteiger partial charge in [-0.2, -0.15) is 0 Å². The van der Waals surface area contributed by atoms with Crippen molar-refractivity contribution in [2.75, 3.05) is 13.2 Å². The highest BCUT2D eigenvalue weighted by Crippen LogP contribution is 2.18.